The zero-order chi connectivity index (χ0) is 18.2. The SMILES string of the molecule is Cn1nc(C2CCCO2)cc1NS(=O)(=O)c1ccc(S(N)(=O)=O)cc1. The van der Waals surface area contributed by atoms with E-state index in [0.717, 1.165) is 25.0 Å². The Morgan fingerprint density at radius 2 is 1.84 bits per heavy atom. The molecule has 2 aromatic rings. The number of rotatable bonds is 5. The molecule has 0 saturated carbocycles. The zero-order valence-electron chi connectivity index (χ0n) is 13.4. The lowest BCUT2D eigenvalue weighted by Gasteiger charge is -2.08. The molecule has 1 atom stereocenters. The average Bonchev–Trinajstić information content (AvgIpc) is 3.17. The van der Waals surface area contributed by atoms with Gasteiger partial charge in [-0.15, -0.1) is 0 Å². The number of nitrogens with two attached hydrogens (primary N) is 1. The topological polar surface area (TPSA) is 133 Å². The Morgan fingerprint density at radius 1 is 1.20 bits per heavy atom. The number of hydrogen-bond acceptors (Lipinski definition) is 6. The number of benzene rings is 1. The summed E-state index contributed by atoms with van der Waals surface area (Å²) in [6, 6.07) is 6.28. The lowest BCUT2D eigenvalue weighted by Crippen LogP contribution is -2.16. The lowest BCUT2D eigenvalue weighted by molar-refractivity contribution is 0.108. The quantitative estimate of drug-likeness (QED) is 0.778. The Balaban J connectivity index is 1.84. The van der Waals surface area contributed by atoms with Crippen LogP contribution in [0.3, 0.4) is 0 Å². The van der Waals surface area contributed by atoms with E-state index in [0.29, 0.717) is 18.1 Å². The van der Waals surface area contributed by atoms with Crippen molar-refractivity contribution in [1.29, 1.82) is 0 Å². The third-order valence-corrected chi connectivity index (χ3v) is 6.16. The molecule has 2 heterocycles. The van der Waals surface area contributed by atoms with E-state index >= 15 is 0 Å². The van der Waals surface area contributed by atoms with Crippen LogP contribution in [0.2, 0.25) is 0 Å². The van der Waals surface area contributed by atoms with E-state index in [1.54, 1.807) is 13.1 Å². The van der Waals surface area contributed by atoms with E-state index in [1.165, 1.54) is 16.8 Å². The Labute approximate surface area is 145 Å². The third-order valence-electron chi connectivity index (χ3n) is 3.86. The van der Waals surface area contributed by atoms with Gasteiger partial charge in [-0.2, -0.15) is 5.10 Å². The average molecular weight is 386 g/mol. The van der Waals surface area contributed by atoms with Crippen molar-refractivity contribution in [3.05, 3.63) is 36.0 Å². The highest BCUT2D eigenvalue weighted by Gasteiger charge is 2.23. The van der Waals surface area contributed by atoms with Crippen LogP contribution >= 0.6 is 0 Å². The van der Waals surface area contributed by atoms with Gasteiger partial charge < -0.3 is 4.74 Å². The Kier molecular flexibility index (Phi) is 4.58. The molecule has 11 heteroatoms. The van der Waals surface area contributed by atoms with Crippen LogP contribution in [0.15, 0.2) is 40.1 Å². The summed E-state index contributed by atoms with van der Waals surface area (Å²) in [6.45, 7) is 0.665. The number of primary sulfonamides is 1. The predicted molar refractivity (Wildman–Crippen MR) is 89.8 cm³/mol. The third kappa shape index (κ3) is 3.84. The maximum Gasteiger partial charge on any atom is 0.263 e. The summed E-state index contributed by atoms with van der Waals surface area (Å²) in [5.74, 6) is 0.293. The molecular weight excluding hydrogens is 368 g/mol. The van der Waals surface area contributed by atoms with Crippen molar-refractivity contribution in [3.8, 4) is 0 Å². The maximum absolute atomic E-state index is 12.5. The molecule has 1 fully saturated rings. The summed E-state index contributed by atoms with van der Waals surface area (Å²) in [5.41, 5.74) is 0.669. The highest BCUT2D eigenvalue weighted by atomic mass is 32.2. The first-order chi connectivity index (χ1) is 11.7. The van der Waals surface area contributed by atoms with Crippen LogP contribution in [0.4, 0.5) is 5.82 Å². The van der Waals surface area contributed by atoms with Gasteiger partial charge in [0.1, 0.15) is 11.9 Å². The minimum Gasteiger partial charge on any atom is -0.372 e. The molecule has 1 aromatic carbocycles. The molecule has 25 heavy (non-hydrogen) atoms. The van der Waals surface area contributed by atoms with Gasteiger partial charge in [0.2, 0.25) is 10.0 Å². The largest absolute Gasteiger partial charge is 0.372 e. The van der Waals surface area contributed by atoms with Crippen molar-refractivity contribution < 1.29 is 21.6 Å². The number of aryl methyl sites for hydroxylation is 1. The molecule has 0 spiro atoms. The number of nitrogens with one attached hydrogen (secondary N) is 1. The van der Waals surface area contributed by atoms with Crippen LogP contribution in [0, 0.1) is 0 Å². The Hall–Kier alpha value is -1.95. The maximum atomic E-state index is 12.5. The molecule has 1 aliphatic rings. The molecule has 0 bridgehead atoms. The number of sulfonamides is 2. The predicted octanol–water partition coefficient (Wildman–Crippen LogP) is 0.720. The Bertz CT molecular complexity index is 975. The van der Waals surface area contributed by atoms with Crippen molar-refractivity contribution >= 4 is 25.9 Å². The van der Waals surface area contributed by atoms with Crippen LogP contribution in [-0.2, 0) is 31.8 Å². The monoisotopic (exact) mass is 386 g/mol. The summed E-state index contributed by atoms with van der Waals surface area (Å²) in [4.78, 5) is -0.243. The van der Waals surface area contributed by atoms with Gasteiger partial charge in [-0.3, -0.25) is 9.40 Å². The normalized spacial score (nSPS) is 18.4. The van der Waals surface area contributed by atoms with E-state index in [-0.39, 0.29) is 15.9 Å². The summed E-state index contributed by atoms with van der Waals surface area (Å²) in [7, 11) is -6.15. The number of aromatic nitrogens is 2. The molecule has 1 unspecified atom stereocenters. The molecule has 0 amide bonds. The van der Waals surface area contributed by atoms with E-state index in [2.05, 4.69) is 9.82 Å². The molecule has 0 aliphatic carbocycles. The summed E-state index contributed by atoms with van der Waals surface area (Å²) in [6.07, 6.45) is 1.66. The summed E-state index contributed by atoms with van der Waals surface area (Å²) in [5, 5.41) is 9.29. The van der Waals surface area contributed by atoms with Gasteiger partial charge in [0, 0.05) is 19.7 Å². The zero-order valence-corrected chi connectivity index (χ0v) is 15.0. The van der Waals surface area contributed by atoms with Crippen LogP contribution < -0.4 is 9.86 Å². The first kappa shape index (κ1) is 17.9. The second-order valence-corrected chi connectivity index (χ2v) is 8.95. The van der Waals surface area contributed by atoms with Crippen molar-refractivity contribution in [1.82, 2.24) is 9.78 Å². The lowest BCUT2D eigenvalue weighted by atomic mass is 10.2. The van der Waals surface area contributed by atoms with E-state index in [9.17, 15) is 16.8 Å². The van der Waals surface area contributed by atoms with E-state index in [1.807, 2.05) is 0 Å². The summed E-state index contributed by atoms with van der Waals surface area (Å²) >= 11 is 0. The highest BCUT2D eigenvalue weighted by molar-refractivity contribution is 7.92. The highest BCUT2D eigenvalue weighted by Crippen LogP contribution is 2.29. The van der Waals surface area contributed by atoms with Gasteiger partial charge in [0.05, 0.1) is 15.5 Å². The number of nitrogens with zero attached hydrogens (tertiary/aromatic N) is 2. The molecule has 0 radical (unpaired) electrons. The van der Waals surface area contributed by atoms with Gasteiger partial charge in [-0.05, 0) is 37.1 Å². The standard InChI is InChI=1S/C14H18N4O5S2/c1-18-14(9-12(16-18)13-3-2-8-23-13)17-25(21,22)11-6-4-10(5-7-11)24(15,19)20/h4-7,9,13,17H,2-3,8H2,1H3,(H2,15,19,20). The number of hydrogen-bond donors (Lipinski definition) is 2. The molecule has 1 saturated heterocycles. The van der Waals surface area contributed by atoms with E-state index < -0.39 is 20.0 Å². The molecular formula is C14H18N4O5S2. The van der Waals surface area contributed by atoms with Crippen molar-refractivity contribution in [2.45, 2.75) is 28.7 Å². The fourth-order valence-electron chi connectivity index (χ4n) is 2.56. The first-order valence-electron chi connectivity index (χ1n) is 7.48. The van der Waals surface area contributed by atoms with Gasteiger partial charge in [-0.1, -0.05) is 0 Å². The van der Waals surface area contributed by atoms with Gasteiger partial charge in [0.25, 0.3) is 10.0 Å². The second kappa shape index (κ2) is 6.41. The molecule has 3 N–H and O–H groups in total. The number of ether oxygens (including phenoxy) is 1. The molecule has 3 rings (SSSR count). The molecule has 136 valence electrons. The minimum atomic E-state index is -3.90. The molecule has 1 aromatic heterocycles. The first-order valence-corrected chi connectivity index (χ1v) is 10.5. The second-order valence-electron chi connectivity index (χ2n) is 5.70. The van der Waals surface area contributed by atoms with Crippen molar-refractivity contribution in [2.24, 2.45) is 12.2 Å². The van der Waals surface area contributed by atoms with Crippen LogP contribution in [0.25, 0.3) is 0 Å². The van der Waals surface area contributed by atoms with Gasteiger partial charge in [0.15, 0.2) is 0 Å². The number of anilines is 1. The van der Waals surface area contributed by atoms with Crippen molar-refractivity contribution in [3.63, 3.8) is 0 Å². The van der Waals surface area contributed by atoms with E-state index in [4.69, 9.17) is 9.88 Å². The fourth-order valence-corrected chi connectivity index (χ4v) is 4.15. The van der Waals surface area contributed by atoms with Gasteiger partial charge in [-0.25, -0.2) is 22.0 Å². The van der Waals surface area contributed by atoms with Crippen LogP contribution in [0.5, 0.6) is 0 Å². The summed E-state index contributed by atoms with van der Waals surface area (Å²) < 4.78 is 56.9. The minimum absolute atomic E-state index is 0.0835. The van der Waals surface area contributed by atoms with Crippen molar-refractivity contribution in [2.75, 3.05) is 11.3 Å². The van der Waals surface area contributed by atoms with Crippen LogP contribution in [0.1, 0.15) is 24.6 Å². The molecule has 1 aliphatic heterocycles. The smallest absolute Gasteiger partial charge is 0.263 e. The van der Waals surface area contributed by atoms with Gasteiger partial charge >= 0.3 is 0 Å². The fraction of sp³-hybridized carbons (Fsp3) is 0.357. The van der Waals surface area contributed by atoms with Crippen LogP contribution in [-0.4, -0.2) is 33.2 Å². The Morgan fingerprint density at radius 3 is 2.40 bits per heavy atom. The molecule has 9 nitrogen and oxygen atoms in total.